The zero-order valence-electron chi connectivity index (χ0n) is 7.80. The third kappa shape index (κ3) is 2.55. The molecule has 0 heterocycles. The Morgan fingerprint density at radius 2 is 2.15 bits per heavy atom. The van der Waals surface area contributed by atoms with Crippen LogP contribution in [0.1, 0.15) is 18.9 Å². The molecule has 1 aromatic rings. The average molecular weight is 217 g/mol. The first-order chi connectivity index (χ1) is 6.16. The zero-order chi connectivity index (χ0) is 9.84. The summed E-state index contributed by atoms with van der Waals surface area (Å²) in [5.41, 5.74) is 0.971. The van der Waals surface area contributed by atoms with Crippen LogP contribution in [-0.4, -0.2) is 6.61 Å². The van der Waals surface area contributed by atoms with Crippen molar-refractivity contribution in [3.8, 4) is 5.75 Å². The van der Waals surface area contributed by atoms with Gasteiger partial charge < -0.3 is 4.74 Å². The Labute approximate surface area is 89.5 Å². The lowest BCUT2D eigenvalue weighted by Crippen LogP contribution is -1.96. The number of rotatable bonds is 3. The summed E-state index contributed by atoms with van der Waals surface area (Å²) in [7, 11) is 0. The molecule has 1 rings (SSSR count). The summed E-state index contributed by atoms with van der Waals surface area (Å²) in [5.74, 6) is 0.812. The molecule has 0 atom stereocenters. The normalized spacial score (nSPS) is 10.2. The molecule has 0 N–H and O–H groups in total. The van der Waals surface area contributed by atoms with Crippen molar-refractivity contribution in [1.82, 2.24) is 0 Å². The van der Waals surface area contributed by atoms with Crippen LogP contribution < -0.4 is 4.74 Å². The highest BCUT2D eigenvalue weighted by atomic mass is 35.5. The number of ether oxygens (including phenoxy) is 1. The third-order valence-corrected chi connectivity index (χ3v) is 2.75. The van der Waals surface area contributed by atoms with Gasteiger partial charge in [0.1, 0.15) is 5.75 Å². The van der Waals surface area contributed by atoms with Crippen molar-refractivity contribution in [3.63, 3.8) is 0 Å². The molecule has 0 saturated carbocycles. The summed E-state index contributed by atoms with van der Waals surface area (Å²) >= 11 is 10.3. The van der Waals surface area contributed by atoms with E-state index >= 15 is 0 Å². The first-order valence-corrected chi connectivity index (χ1v) is 5.10. The number of benzene rings is 1. The van der Waals surface area contributed by atoms with Crippen molar-refractivity contribution in [2.24, 2.45) is 0 Å². The van der Waals surface area contributed by atoms with Gasteiger partial charge in [-0.1, -0.05) is 18.5 Å². The molecule has 0 aliphatic carbocycles. The first-order valence-electron chi connectivity index (χ1n) is 4.27. The molecule has 3 heteroatoms. The fourth-order valence-electron chi connectivity index (χ4n) is 0.979. The van der Waals surface area contributed by atoms with Crippen LogP contribution in [0.5, 0.6) is 5.75 Å². The lowest BCUT2D eigenvalue weighted by Gasteiger charge is -2.10. The van der Waals surface area contributed by atoms with E-state index < -0.39 is 0 Å². The van der Waals surface area contributed by atoms with Crippen LogP contribution >= 0.6 is 24.2 Å². The van der Waals surface area contributed by atoms with Gasteiger partial charge in [-0.05, 0) is 31.0 Å². The van der Waals surface area contributed by atoms with Crippen molar-refractivity contribution < 1.29 is 4.74 Å². The van der Waals surface area contributed by atoms with E-state index in [1.54, 1.807) is 0 Å². The van der Waals surface area contributed by atoms with Crippen LogP contribution in [0.3, 0.4) is 0 Å². The Bertz CT molecular complexity index is 299. The summed E-state index contributed by atoms with van der Waals surface area (Å²) < 4.78 is 5.49. The molecule has 0 aliphatic rings. The van der Waals surface area contributed by atoms with E-state index in [9.17, 15) is 0 Å². The number of thiol groups is 1. The highest BCUT2D eigenvalue weighted by molar-refractivity contribution is 7.80. The molecule has 0 amide bonds. The largest absolute Gasteiger partial charge is 0.492 e. The minimum absolute atomic E-state index is 0.717. The summed E-state index contributed by atoms with van der Waals surface area (Å²) in [6, 6.07) is 3.69. The van der Waals surface area contributed by atoms with Gasteiger partial charge in [-0.2, -0.15) is 0 Å². The van der Waals surface area contributed by atoms with E-state index in [2.05, 4.69) is 19.6 Å². The van der Waals surface area contributed by atoms with E-state index in [-0.39, 0.29) is 0 Å². The van der Waals surface area contributed by atoms with Crippen LogP contribution in [0.15, 0.2) is 17.0 Å². The van der Waals surface area contributed by atoms with Crippen molar-refractivity contribution >= 4 is 24.2 Å². The molecule has 0 aliphatic heterocycles. The van der Waals surface area contributed by atoms with E-state index in [0.717, 1.165) is 27.7 Å². The maximum Gasteiger partial charge on any atom is 0.132 e. The van der Waals surface area contributed by atoms with E-state index in [1.807, 2.05) is 19.1 Å². The topological polar surface area (TPSA) is 9.23 Å². The Morgan fingerprint density at radius 1 is 1.46 bits per heavy atom. The lowest BCUT2D eigenvalue weighted by molar-refractivity contribution is 0.310. The van der Waals surface area contributed by atoms with Gasteiger partial charge in [-0.3, -0.25) is 0 Å². The summed E-state index contributed by atoms with van der Waals surface area (Å²) in [5, 5.41) is 0.730. The van der Waals surface area contributed by atoms with Crippen molar-refractivity contribution in [1.29, 1.82) is 0 Å². The third-order valence-electron chi connectivity index (χ3n) is 1.79. The maximum atomic E-state index is 5.92. The smallest absolute Gasteiger partial charge is 0.132 e. The molecular weight excluding hydrogens is 204 g/mol. The molecule has 0 aromatic heterocycles. The molecular formula is C10H13ClOS. The van der Waals surface area contributed by atoms with Gasteiger partial charge in [0.05, 0.1) is 11.5 Å². The number of hydrogen-bond acceptors (Lipinski definition) is 2. The standard InChI is InChI=1S/C10H13ClOS/c1-3-6-12-9-5-4-8(11)7(2)10(9)13/h4-5,13H,3,6H2,1-2H3. The fraction of sp³-hybridized carbons (Fsp3) is 0.400. The summed E-state index contributed by atoms with van der Waals surface area (Å²) in [6.07, 6.45) is 0.995. The van der Waals surface area contributed by atoms with E-state index in [0.29, 0.717) is 6.61 Å². The maximum absolute atomic E-state index is 5.92. The van der Waals surface area contributed by atoms with Gasteiger partial charge in [0, 0.05) is 5.02 Å². The predicted octanol–water partition coefficient (Wildman–Crippen LogP) is 3.73. The molecule has 72 valence electrons. The van der Waals surface area contributed by atoms with Gasteiger partial charge in [0.25, 0.3) is 0 Å². The van der Waals surface area contributed by atoms with Gasteiger partial charge in [-0.15, -0.1) is 12.6 Å². The van der Waals surface area contributed by atoms with Gasteiger partial charge in [0.2, 0.25) is 0 Å². The van der Waals surface area contributed by atoms with E-state index in [4.69, 9.17) is 16.3 Å². The monoisotopic (exact) mass is 216 g/mol. The Hall–Kier alpha value is -0.340. The molecule has 13 heavy (non-hydrogen) atoms. The van der Waals surface area contributed by atoms with Crippen molar-refractivity contribution in [3.05, 3.63) is 22.7 Å². The fourth-order valence-corrected chi connectivity index (χ4v) is 1.46. The SMILES string of the molecule is CCCOc1ccc(Cl)c(C)c1S. The Morgan fingerprint density at radius 3 is 2.77 bits per heavy atom. The molecule has 0 spiro atoms. The van der Waals surface area contributed by atoms with Crippen LogP contribution in [0, 0.1) is 6.92 Å². The van der Waals surface area contributed by atoms with Crippen LogP contribution in [0.4, 0.5) is 0 Å². The zero-order valence-corrected chi connectivity index (χ0v) is 9.45. The first kappa shape index (κ1) is 10.7. The highest BCUT2D eigenvalue weighted by Gasteiger charge is 2.05. The van der Waals surface area contributed by atoms with Crippen molar-refractivity contribution in [2.45, 2.75) is 25.2 Å². The number of halogens is 1. The molecule has 0 unspecified atom stereocenters. The molecule has 0 radical (unpaired) electrons. The number of hydrogen-bond donors (Lipinski definition) is 1. The predicted molar refractivity (Wildman–Crippen MR) is 59.2 cm³/mol. The minimum Gasteiger partial charge on any atom is -0.492 e. The molecule has 0 saturated heterocycles. The van der Waals surface area contributed by atoms with Gasteiger partial charge >= 0.3 is 0 Å². The average Bonchev–Trinajstić information content (AvgIpc) is 2.13. The quantitative estimate of drug-likeness (QED) is 0.758. The van der Waals surface area contributed by atoms with Crippen molar-refractivity contribution in [2.75, 3.05) is 6.61 Å². The molecule has 0 fully saturated rings. The second-order valence-electron chi connectivity index (χ2n) is 2.87. The van der Waals surface area contributed by atoms with Crippen LogP contribution in [-0.2, 0) is 0 Å². The second-order valence-corrected chi connectivity index (χ2v) is 3.72. The minimum atomic E-state index is 0.717. The second kappa shape index (κ2) is 4.77. The highest BCUT2D eigenvalue weighted by Crippen LogP contribution is 2.30. The summed E-state index contributed by atoms with van der Waals surface area (Å²) in [6.45, 7) is 4.72. The van der Waals surface area contributed by atoms with Crippen LogP contribution in [0.25, 0.3) is 0 Å². The summed E-state index contributed by atoms with van der Waals surface area (Å²) in [4.78, 5) is 0.834. The van der Waals surface area contributed by atoms with Gasteiger partial charge in [-0.25, -0.2) is 0 Å². The molecule has 0 bridgehead atoms. The van der Waals surface area contributed by atoms with Gasteiger partial charge in [0.15, 0.2) is 0 Å². The Balaban J connectivity index is 2.90. The Kier molecular flexibility index (Phi) is 3.94. The van der Waals surface area contributed by atoms with Crippen LogP contribution in [0.2, 0.25) is 5.02 Å². The lowest BCUT2D eigenvalue weighted by atomic mass is 10.2. The van der Waals surface area contributed by atoms with E-state index in [1.165, 1.54) is 0 Å². The molecule has 1 nitrogen and oxygen atoms in total. The molecule has 1 aromatic carbocycles.